The van der Waals surface area contributed by atoms with E-state index >= 15 is 0 Å². The molecule has 4 aliphatic rings. The molecule has 10 aromatic rings. The van der Waals surface area contributed by atoms with E-state index in [-0.39, 0.29) is 13.4 Å². The summed E-state index contributed by atoms with van der Waals surface area (Å²) in [6.07, 6.45) is 0. The summed E-state index contributed by atoms with van der Waals surface area (Å²) in [5.74, 6) is 0. The zero-order valence-electron chi connectivity index (χ0n) is 32.8. The average Bonchev–Trinajstić information content (AvgIpc) is 3.85. The number of nitrogens with zero attached hydrogens (tertiary/aromatic N) is 1. The van der Waals surface area contributed by atoms with Gasteiger partial charge in [0.1, 0.15) is 0 Å². The van der Waals surface area contributed by atoms with Crippen LogP contribution in [0, 0.1) is 0 Å². The molecule has 0 radical (unpaired) electrons. The van der Waals surface area contributed by atoms with E-state index in [2.05, 4.69) is 217 Å². The predicted molar refractivity (Wildman–Crippen MR) is 260 cm³/mol. The number of fused-ring (bicyclic) bond motifs is 16. The molecule has 60 heavy (non-hydrogen) atoms. The molecule has 4 aliphatic heterocycles. The minimum atomic E-state index is -2.81. The summed E-state index contributed by atoms with van der Waals surface area (Å²) in [4.78, 5) is 2.68. The fourth-order valence-electron chi connectivity index (χ4n) is 12.1. The van der Waals surface area contributed by atoms with E-state index in [1.165, 1.54) is 114 Å². The second kappa shape index (κ2) is 12.0. The number of rotatable bonds is 4. The van der Waals surface area contributed by atoms with E-state index < -0.39 is 8.07 Å². The molecule has 0 saturated heterocycles. The van der Waals surface area contributed by atoms with Crippen LogP contribution in [0.25, 0.3) is 43.8 Å². The van der Waals surface area contributed by atoms with E-state index in [1.807, 2.05) is 0 Å². The molecule has 274 valence electrons. The molecule has 0 fully saturated rings. The van der Waals surface area contributed by atoms with Crippen molar-refractivity contribution in [3.63, 3.8) is 0 Å². The van der Waals surface area contributed by atoms with Gasteiger partial charge in [-0.05, 0) is 105 Å². The molecule has 0 atom stereocenters. The van der Waals surface area contributed by atoms with Gasteiger partial charge in [-0.25, -0.2) is 0 Å². The molecule has 4 heteroatoms. The Morgan fingerprint density at radius 3 is 1.37 bits per heavy atom. The third kappa shape index (κ3) is 4.04. The van der Waals surface area contributed by atoms with Crippen LogP contribution in [0.1, 0.15) is 0 Å². The smallest absolute Gasteiger partial charge is 0.248 e. The molecule has 14 rings (SSSR count). The third-order valence-corrected chi connectivity index (χ3v) is 19.2. The second-order valence-corrected chi connectivity index (χ2v) is 20.8. The zero-order chi connectivity index (χ0) is 39.1. The number of benzene rings is 10. The van der Waals surface area contributed by atoms with Crippen molar-refractivity contribution < 1.29 is 0 Å². The van der Waals surface area contributed by atoms with Crippen molar-refractivity contribution in [2.45, 2.75) is 0 Å². The van der Waals surface area contributed by atoms with Crippen LogP contribution in [0.15, 0.2) is 212 Å². The van der Waals surface area contributed by atoms with Gasteiger partial charge in [-0.15, -0.1) is 0 Å². The maximum absolute atomic E-state index is 2.81. The summed E-state index contributed by atoms with van der Waals surface area (Å²) in [5, 5.41) is 10.9. The Bertz CT molecular complexity index is 3360. The lowest BCUT2D eigenvalue weighted by Crippen LogP contribution is -2.75. The van der Waals surface area contributed by atoms with E-state index in [9.17, 15) is 0 Å². The van der Waals surface area contributed by atoms with Crippen molar-refractivity contribution in [1.82, 2.24) is 0 Å². The van der Waals surface area contributed by atoms with Gasteiger partial charge in [-0.3, -0.25) is 0 Å². The van der Waals surface area contributed by atoms with Crippen LogP contribution in [0.3, 0.4) is 0 Å². The molecule has 0 aromatic heterocycles. The summed E-state index contributed by atoms with van der Waals surface area (Å²) >= 11 is 0. The monoisotopic (exact) mass is 771 g/mol. The quantitative estimate of drug-likeness (QED) is 0.147. The van der Waals surface area contributed by atoms with Gasteiger partial charge in [-0.1, -0.05) is 205 Å². The van der Waals surface area contributed by atoms with E-state index in [4.69, 9.17) is 0 Å². The Kier molecular flexibility index (Phi) is 6.54. The van der Waals surface area contributed by atoms with Gasteiger partial charge in [-0.2, -0.15) is 0 Å². The van der Waals surface area contributed by atoms with Crippen LogP contribution in [0.2, 0.25) is 0 Å². The molecule has 1 nitrogen and oxygen atoms in total. The van der Waals surface area contributed by atoms with Crippen LogP contribution < -0.4 is 58.4 Å². The summed E-state index contributed by atoms with van der Waals surface area (Å²) in [7, 11) is -2.81. The molecule has 10 aromatic carbocycles. The van der Waals surface area contributed by atoms with Crippen molar-refractivity contribution in [2.75, 3.05) is 4.90 Å². The molecule has 0 bridgehead atoms. The molecular weight excluding hydrogens is 736 g/mol. The first-order chi connectivity index (χ1) is 29.8. The lowest BCUT2D eigenvalue weighted by Gasteiger charge is -2.43. The summed E-state index contributed by atoms with van der Waals surface area (Å²) < 4.78 is 0. The minimum Gasteiger partial charge on any atom is -0.312 e. The summed E-state index contributed by atoms with van der Waals surface area (Å²) in [5.41, 5.74) is 18.1. The Labute approximate surface area is 351 Å². The fraction of sp³-hybridized carbons (Fsp3) is 0. The molecule has 0 spiro atoms. The zero-order valence-corrected chi connectivity index (χ0v) is 33.8. The fourth-order valence-corrected chi connectivity index (χ4v) is 16.9. The third-order valence-electron chi connectivity index (χ3n) is 14.4. The van der Waals surface area contributed by atoms with Gasteiger partial charge in [0, 0.05) is 17.1 Å². The normalized spacial score (nSPS) is 13.6. The van der Waals surface area contributed by atoms with E-state index in [0.29, 0.717) is 0 Å². The van der Waals surface area contributed by atoms with Crippen molar-refractivity contribution in [3.05, 3.63) is 212 Å². The standard InChI is InChI=1S/C56H35B2NSi/c1-4-18-38(19-5-1)60(39-20-6-2-7-21-39,40-22-8-3-9-23-40)41-30-33-51-49(34-41)58-48-32-29-37-17-11-13-25-43(37)53(48)45-35-44-52-42-24-12-10-16-36(42)28-31-47(52)57-46-26-14-15-27-50(46)59(51)56(54(44)57)55(45)58/h1-35H. The van der Waals surface area contributed by atoms with E-state index in [1.54, 1.807) is 0 Å². The van der Waals surface area contributed by atoms with Gasteiger partial charge in [0.05, 0.1) is 0 Å². The Morgan fingerprint density at radius 1 is 0.333 bits per heavy atom. The molecule has 0 N–H and O–H groups in total. The molecule has 0 saturated carbocycles. The van der Waals surface area contributed by atoms with Crippen LogP contribution in [0.5, 0.6) is 0 Å². The van der Waals surface area contributed by atoms with Crippen molar-refractivity contribution in [3.8, 4) is 22.3 Å². The highest BCUT2D eigenvalue weighted by molar-refractivity contribution is 7.20. The Morgan fingerprint density at radius 2 is 0.800 bits per heavy atom. The Balaban J connectivity index is 1.14. The highest BCUT2D eigenvalue weighted by atomic mass is 28.3. The number of anilines is 3. The topological polar surface area (TPSA) is 3.24 Å². The van der Waals surface area contributed by atoms with Crippen LogP contribution in [-0.2, 0) is 0 Å². The number of hydrogen-bond acceptors (Lipinski definition) is 1. The van der Waals surface area contributed by atoms with Gasteiger partial charge in [0.2, 0.25) is 13.4 Å². The first kappa shape index (κ1) is 32.8. The van der Waals surface area contributed by atoms with Crippen LogP contribution in [0.4, 0.5) is 17.1 Å². The highest BCUT2D eigenvalue weighted by Crippen LogP contribution is 2.47. The first-order valence-electron chi connectivity index (χ1n) is 21.3. The lowest BCUT2D eigenvalue weighted by molar-refractivity contribution is 1.31. The average molecular weight is 772 g/mol. The van der Waals surface area contributed by atoms with E-state index in [0.717, 1.165) is 0 Å². The molecule has 0 amide bonds. The molecule has 0 unspecified atom stereocenters. The summed E-state index contributed by atoms with van der Waals surface area (Å²) in [6.45, 7) is 0.259. The van der Waals surface area contributed by atoms with Gasteiger partial charge >= 0.3 is 0 Å². The minimum absolute atomic E-state index is 0.0893. The maximum atomic E-state index is 2.68. The largest absolute Gasteiger partial charge is 0.312 e. The predicted octanol–water partition coefficient (Wildman–Crippen LogP) is 6.46. The molecule has 4 heterocycles. The van der Waals surface area contributed by atoms with Crippen LogP contribution >= 0.6 is 0 Å². The molecular formula is C56H35B2NSi. The van der Waals surface area contributed by atoms with Gasteiger partial charge < -0.3 is 4.90 Å². The van der Waals surface area contributed by atoms with Crippen molar-refractivity contribution in [2.24, 2.45) is 0 Å². The second-order valence-electron chi connectivity index (χ2n) is 17.0. The highest BCUT2D eigenvalue weighted by Gasteiger charge is 2.52. The maximum Gasteiger partial charge on any atom is 0.248 e. The first-order valence-corrected chi connectivity index (χ1v) is 23.3. The SMILES string of the molecule is c1ccc([Si](c2ccccc2)(c2ccccc2)c2ccc3c(c2)B2c4ccc5ccccc5c4-c4cc5c6c(c42)N3c2ccccc2B6c2ccc3ccccc3c2-5)cc1. The Hall–Kier alpha value is -7.13. The molecule has 0 aliphatic carbocycles. The van der Waals surface area contributed by atoms with Crippen molar-refractivity contribution in [1.29, 1.82) is 0 Å². The number of para-hydroxylation sites is 1. The number of hydrogen-bond donors (Lipinski definition) is 0. The van der Waals surface area contributed by atoms with Crippen LogP contribution in [-0.4, -0.2) is 21.5 Å². The van der Waals surface area contributed by atoms with Gasteiger partial charge in [0.25, 0.3) is 0 Å². The summed E-state index contributed by atoms with van der Waals surface area (Å²) in [6, 6.07) is 81.3. The van der Waals surface area contributed by atoms with Gasteiger partial charge in [0.15, 0.2) is 8.07 Å². The van der Waals surface area contributed by atoms with Crippen molar-refractivity contribution >= 4 is 114 Å². The lowest BCUT2D eigenvalue weighted by atomic mass is 9.32.